The van der Waals surface area contributed by atoms with Gasteiger partial charge in [0.15, 0.2) is 0 Å². The molecule has 16 heavy (non-hydrogen) atoms. The molecule has 0 saturated carbocycles. The maximum atomic E-state index is 11.7. The van der Waals surface area contributed by atoms with Gasteiger partial charge < -0.3 is 11.1 Å². The number of nitrogens with two attached hydrogens (primary N) is 1. The van der Waals surface area contributed by atoms with Crippen molar-refractivity contribution in [1.29, 1.82) is 0 Å². The number of nitrogens with one attached hydrogen (secondary N) is 2. The van der Waals surface area contributed by atoms with E-state index >= 15 is 0 Å². The van der Waals surface area contributed by atoms with Gasteiger partial charge in [-0.3, -0.25) is 10.1 Å². The second-order valence-corrected chi connectivity index (χ2v) is 3.98. The van der Waals surface area contributed by atoms with Crippen LogP contribution in [0.1, 0.15) is 6.92 Å². The van der Waals surface area contributed by atoms with E-state index in [0.717, 1.165) is 0 Å². The Balaban J connectivity index is 3.69. The summed E-state index contributed by atoms with van der Waals surface area (Å²) >= 11 is -0.185. The molecule has 0 aromatic rings. The summed E-state index contributed by atoms with van der Waals surface area (Å²) in [5.74, 6) is -0.887. The van der Waals surface area contributed by atoms with Gasteiger partial charge in [-0.1, -0.05) is 0 Å². The summed E-state index contributed by atoms with van der Waals surface area (Å²) in [6, 6.07) is -1.77. The number of alkyl halides is 3. The molecule has 5 nitrogen and oxygen atoms in total. The third-order valence-electron chi connectivity index (χ3n) is 1.46. The number of primary amides is 1. The van der Waals surface area contributed by atoms with Crippen molar-refractivity contribution in [2.75, 3.05) is 12.3 Å². The Morgan fingerprint density at radius 1 is 1.44 bits per heavy atom. The van der Waals surface area contributed by atoms with Gasteiger partial charge in [0, 0.05) is 12.3 Å². The topological polar surface area (TPSA) is 84.2 Å². The first-order chi connectivity index (χ1) is 7.22. The second kappa shape index (κ2) is 6.59. The fraction of sp³-hybridized carbons (Fsp3) is 0.714. The van der Waals surface area contributed by atoms with Crippen LogP contribution in [0, 0.1) is 0 Å². The lowest BCUT2D eigenvalue weighted by Gasteiger charge is -2.12. The van der Waals surface area contributed by atoms with Gasteiger partial charge in [0.25, 0.3) is 0 Å². The average Bonchev–Trinajstić information content (AvgIpc) is 2.09. The molecule has 0 aliphatic heterocycles. The van der Waals surface area contributed by atoms with Gasteiger partial charge in [-0.2, -0.15) is 13.2 Å². The summed E-state index contributed by atoms with van der Waals surface area (Å²) < 4.78 is 35.1. The molecule has 0 aliphatic carbocycles. The van der Waals surface area contributed by atoms with Gasteiger partial charge in [-0.05, 0) is 18.7 Å². The molecule has 0 bridgehead atoms. The van der Waals surface area contributed by atoms with Gasteiger partial charge >= 0.3 is 11.5 Å². The van der Waals surface area contributed by atoms with Crippen molar-refractivity contribution < 1.29 is 22.8 Å². The van der Waals surface area contributed by atoms with E-state index in [1.165, 1.54) is 6.92 Å². The zero-order chi connectivity index (χ0) is 12.8. The number of hydrogen-bond acceptors (Lipinski definition) is 4. The summed E-state index contributed by atoms with van der Waals surface area (Å²) in [5.41, 5.74) is 0.414. The number of carbonyl (C=O) groups excluding carboxylic acids is 2. The van der Waals surface area contributed by atoms with Gasteiger partial charge in [-0.15, -0.1) is 0 Å². The van der Waals surface area contributed by atoms with Gasteiger partial charge in [0.05, 0.1) is 6.04 Å². The highest BCUT2D eigenvalue weighted by Gasteiger charge is 2.27. The minimum Gasteiger partial charge on any atom is -0.351 e. The highest BCUT2D eigenvalue weighted by molar-refractivity contribution is 8.00. The van der Waals surface area contributed by atoms with E-state index < -0.39 is 23.5 Å². The molecule has 1 atom stereocenters. The van der Waals surface area contributed by atoms with Crippen molar-refractivity contribution >= 4 is 23.7 Å². The van der Waals surface area contributed by atoms with Crippen LogP contribution in [0.15, 0.2) is 0 Å². The molecule has 0 spiro atoms. The maximum Gasteiger partial charge on any atom is 0.441 e. The Morgan fingerprint density at radius 2 is 2.00 bits per heavy atom. The number of imide groups is 1. The zero-order valence-corrected chi connectivity index (χ0v) is 9.24. The van der Waals surface area contributed by atoms with Crippen LogP contribution in [0.5, 0.6) is 0 Å². The van der Waals surface area contributed by atoms with E-state index in [4.69, 9.17) is 5.73 Å². The number of amides is 3. The summed E-state index contributed by atoms with van der Waals surface area (Å²) in [7, 11) is 0. The fourth-order valence-electron chi connectivity index (χ4n) is 0.765. The normalized spacial score (nSPS) is 13.2. The lowest BCUT2D eigenvalue weighted by Crippen LogP contribution is -2.47. The van der Waals surface area contributed by atoms with Crippen LogP contribution in [0.2, 0.25) is 0 Å². The van der Waals surface area contributed by atoms with Crippen LogP contribution in [0.4, 0.5) is 18.0 Å². The maximum absolute atomic E-state index is 11.7. The SMILES string of the molecule is CC(NCCSC(F)(F)F)C(=O)NC(N)=O. The summed E-state index contributed by atoms with van der Waals surface area (Å²) in [6.07, 6.45) is 0. The van der Waals surface area contributed by atoms with Crippen LogP contribution < -0.4 is 16.4 Å². The van der Waals surface area contributed by atoms with Crippen LogP contribution >= 0.6 is 11.8 Å². The summed E-state index contributed by atoms with van der Waals surface area (Å²) in [5, 5.41) is 4.33. The molecular weight excluding hydrogens is 247 g/mol. The van der Waals surface area contributed by atoms with E-state index in [9.17, 15) is 22.8 Å². The van der Waals surface area contributed by atoms with Gasteiger partial charge in [0.1, 0.15) is 0 Å². The van der Waals surface area contributed by atoms with Crippen LogP contribution in [-0.4, -0.2) is 35.8 Å². The Labute approximate surface area is 94.3 Å². The van der Waals surface area contributed by atoms with Crippen molar-refractivity contribution in [3.8, 4) is 0 Å². The Hall–Kier alpha value is -0.960. The summed E-state index contributed by atoms with van der Waals surface area (Å²) in [4.78, 5) is 21.3. The third kappa shape index (κ3) is 8.36. The first-order valence-electron chi connectivity index (χ1n) is 4.26. The quantitative estimate of drug-likeness (QED) is 0.624. The van der Waals surface area contributed by atoms with Crippen LogP contribution in [-0.2, 0) is 4.79 Å². The molecule has 0 aromatic carbocycles. The number of urea groups is 1. The van der Waals surface area contributed by atoms with Gasteiger partial charge in [-0.25, -0.2) is 4.79 Å². The molecular formula is C7H12F3N3O2S. The van der Waals surface area contributed by atoms with E-state index in [1.807, 2.05) is 5.32 Å². The molecule has 94 valence electrons. The van der Waals surface area contributed by atoms with E-state index in [0.29, 0.717) is 0 Å². The molecule has 0 aromatic heterocycles. The first kappa shape index (κ1) is 15.0. The zero-order valence-electron chi connectivity index (χ0n) is 8.43. The van der Waals surface area contributed by atoms with Crippen molar-refractivity contribution in [1.82, 2.24) is 10.6 Å². The van der Waals surface area contributed by atoms with E-state index in [1.54, 1.807) is 0 Å². The number of thioether (sulfide) groups is 1. The van der Waals surface area contributed by atoms with E-state index in [-0.39, 0.29) is 24.1 Å². The number of carbonyl (C=O) groups is 2. The third-order valence-corrected chi connectivity index (χ3v) is 2.19. The lowest BCUT2D eigenvalue weighted by molar-refractivity contribution is -0.121. The number of hydrogen-bond donors (Lipinski definition) is 3. The summed E-state index contributed by atoms with van der Waals surface area (Å²) in [6.45, 7) is 1.41. The highest BCUT2D eigenvalue weighted by atomic mass is 32.2. The minimum absolute atomic E-state index is 0.00246. The molecule has 1 unspecified atom stereocenters. The van der Waals surface area contributed by atoms with Gasteiger partial charge in [0.2, 0.25) is 5.91 Å². The Bertz CT molecular complexity index is 260. The molecule has 9 heteroatoms. The molecule has 0 fully saturated rings. The lowest BCUT2D eigenvalue weighted by atomic mass is 10.3. The second-order valence-electron chi connectivity index (χ2n) is 2.82. The highest BCUT2D eigenvalue weighted by Crippen LogP contribution is 2.29. The van der Waals surface area contributed by atoms with Crippen molar-refractivity contribution in [3.63, 3.8) is 0 Å². The largest absolute Gasteiger partial charge is 0.441 e. The Morgan fingerprint density at radius 3 is 2.44 bits per heavy atom. The van der Waals surface area contributed by atoms with Crippen molar-refractivity contribution in [2.45, 2.75) is 18.5 Å². The Kier molecular flexibility index (Phi) is 6.19. The molecule has 3 amide bonds. The minimum atomic E-state index is -4.28. The molecule has 0 saturated heterocycles. The predicted molar refractivity (Wildman–Crippen MR) is 53.7 cm³/mol. The smallest absolute Gasteiger partial charge is 0.351 e. The molecule has 0 rings (SSSR count). The molecule has 0 radical (unpaired) electrons. The predicted octanol–water partition coefficient (Wildman–Crippen LogP) is 0.412. The number of halogens is 3. The fourth-order valence-corrected chi connectivity index (χ4v) is 1.22. The standard InChI is InChI=1S/C7H12F3N3O2S/c1-4(5(14)13-6(11)15)12-2-3-16-7(8,9)10/h4,12H,2-3H2,1H3,(H3,11,13,14,15). The van der Waals surface area contributed by atoms with E-state index in [2.05, 4.69) is 5.32 Å². The van der Waals surface area contributed by atoms with Crippen molar-refractivity contribution in [2.24, 2.45) is 5.73 Å². The van der Waals surface area contributed by atoms with Crippen LogP contribution in [0.3, 0.4) is 0 Å². The molecule has 0 aliphatic rings. The molecule has 4 N–H and O–H groups in total. The average molecular weight is 259 g/mol. The monoisotopic (exact) mass is 259 g/mol. The number of rotatable bonds is 5. The van der Waals surface area contributed by atoms with Crippen molar-refractivity contribution in [3.05, 3.63) is 0 Å². The molecule has 0 heterocycles. The first-order valence-corrected chi connectivity index (χ1v) is 5.25. The van der Waals surface area contributed by atoms with Crippen LogP contribution in [0.25, 0.3) is 0 Å².